The van der Waals surface area contributed by atoms with Crippen molar-refractivity contribution in [2.45, 2.75) is 78.7 Å². The highest BCUT2D eigenvalue weighted by Crippen LogP contribution is 2.37. The summed E-state index contributed by atoms with van der Waals surface area (Å²) in [6.07, 6.45) is 7.85. The van der Waals surface area contributed by atoms with Crippen LogP contribution < -0.4 is 5.73 Å². The van der Waals surface area contributed by atoms with E-state index in [4.69, 9.17) is 5.73 Å². The van der Waals surface area contributed by atoms with Crippen molar-refractivity contribution in [2.75, 3.05) is 19.6 Å². The predicted molar refractivity (Wildman–Crippen MR) is 85.4 cm³/mol. The zero-order valence-corrected chi connectivity index (χ0v) is 14.0. The maximum Gasteiger partial charge on any atom is 0.0334 e. The van der Waals surface area contributed by atoms with Gasteiger partial charge in [0.2, 0.25) is 0 Å². The van der Waals surface area contributed by atoms with E-state index in [1.54, 1.807) is 0 Å². The molecule has 2 heteroatoms. The Kier molecular flexibility index (Phi) is 6.32. The van der Waals surface area contributed by atoms with Gasteiger partial charge in [-0.25, -0.2) is 0 Å². The molecule has 0 saturated heterocycles. The second kappa shape index (κ2) is 7.08. The van der Waals surface area contributed by atoms with E-state index in [0.717, 1.165) is 12.5 Å². The molecule has 0 bridgehead atoms. The van der Waals surface area contributed by atoms with Crippen LogP contribution in [0.4, 0.5) is 0 Å². The monoisotopic (exact) mass is 268 g/mol. The van der Waals surface area contributed by atoms with Gasteiger partial charge in [0.1, 0.15) is 0 Å². The number of hydrogen-bond donors (Lipinski definition) is 1. The fraction of sp³-hybridized carbons (Fsp3) is 1.00. The Hall–Kier alpha value is -0.0800. The molecular formula is C17H36N2. The molecule has 2 atom stereocenters. The van der Waals surface area contributed by atoms with Gasteiger partial charge in [0.25, 0.3) is 0 Å². The zero-order valence-electron chi connectivity index (χ0n) is 14.0. The van der Waals surface area contributed by atoms with Crippen molar-refractivity contribution in [1.82, 2.24) is 4.90 Å². The Morgan fingerprint density at radius 1 is 1.26 bits per heavy atom. The maximum absolute atomic E-state index is 6.23. The number of rotatable bonds is 6. The molecule has 1 rings (SSSR count). The Labute approximate surface area is 121 Å². The normalized spacial score (nSPS) is 28.9. The SMILES string of the molecule is CCCN(CCC(C)(C)C)C1(CN)CCCC(C)C1. The van der Waals surface area contributed by atoms with Gasteiger partial charge in [-0.2, -0.15) is 0 Å². The second-order valence-corrected chi connectivity index (χ2v) is 7.93. The minimum absolute atomic E-state index is 0.291. The Morgan fingerprint density at radius 2 is 1.95 bits per heavy atom. The Morgan fingerprint density at radius 3 is 2.42 bits per heavy atom. The minimum Gasteiger partial charge on any atom is -0.329 e. The van der Waals surface area contributed by atoms with Crippen LogP contribution >= 0.6 is 0 Å². The zero-order chi connectivity index (χ0) is 14.5. The summed E-state index contributed by atoms with van der Waals surface area (Å²) in [7, 11) is 0. The van der Waals surface area contributed by atoms with Crippen LogP contribution in [-0.2, 0) is 0 Å². The molecule has 0 aliphatic heterocycles. The second-order valence-electron chi connectivity index (χ2n) is 7.93. The molecule has 2 unspecified atom stereocenters. The lowest BCUT2D eigenvalue weighted by molar-refractivity contribution is 0.0310. The molecule has 0 aromatic rings. The first-order chi connectivity index (χ1) is 8.83. The summed E-state index contributed by atoms with van der Waals surface area (Å²) >= 11 is 0. The molecule has 0 aromatic carbocycles. The van der Waals surface area contributed by atoms with Crippen LogP contribution in [0, 0.1) is 11.3 Å². The van der Waals surface area contributed by atoms with E-state index < -0.39 is 0 Å². The highest BCUT2D eigenvalue weighted by molar-refractivity contribution is 4.96. The summed E-state index contributed by atoms with van der Waals surface area (Å²) in [6.45, 7) is 15.0. The van der Waals surface area contributed by atoms with Crippen LogP contribution in [-0.4, -0.2) is 30.1 Å². The highest BCUT2D eigenvalue weighted by Gasteiger charge is 2.38. The first-order valence-electron chi connectivity index (χ1n) is 8.28. The fourth-order valence-corrected chi connectivity index (χ4v) is 3.56. The van der Waals surface area contributed by atoms with Gasteiger partial charge < -0.3 is 5.73 Å². The van der Waals surface area contributed by atoms with Crippen LogP contribution in [0.5, 0.6) is 0 Å². The fourth-order valence-electron chi connectivity index (χ4n) is 3.56. The lowest BCUT2D eigenvalue weighted by Crippen LogP contribution is -2.57. The Balaban J connectivity index is 2.75. The van der Waals surface area contributed by atoms with Gasteiger partial charge in [-0.1, -0.05) is 47.5 Å². The van der Waals surface area contributed by atoms with Gasteiger partial charge in [-0.3, -0.25) is 4.90 Å². The first kappa shape index (κ1) is 17.0. The number of nitrogens with two attached hydrogens (primary N) is 1. The Bertz CT molecular complexity index is 256. The van der Waals surface area contributed by atoms with E-state index in [0.29, 0.717) is 11.0 Å². The van der Waals surface area contributed by atoms with Gasteiger partial charge in [0.15, 0.2) is 0 Å². The summed E-state index contributed by atoms with van der Waals surface area (Å²) in [5.74, 6) is 0.839. The first-order valence-corrected chi connectivity index (χ1v) is 8.28. The van der Waals surface area contributed by atoms with Crippen molar-refractivity contribution in [3.05, 3.63) is 0 Å². The number of nitrogens with zero attached hydrogens (tertiary/aromatic N) is 1. The van der Waals surface area contributed by atoms with Crippen molar-refractivity contribution < 1.29 is 0 Å². The quantitative estimate of drug-likeness (QED) is 0.787. The summed E-state index contributed by atoms with van der Waals surface area (Å²) in [5.41, 5.74) is 6.94. The molecule has 0 amide bonds. The van der Waals surface area contributed by atoms with Crippen LogP contribution in [0.2, 0.25) is 0 Å². The van der Waals surface area contributed by atoms with E-state index in [9.17, 15) is 0 Å². The molecule has 1 aliphatic rings. The maximum atomic E-state index is 6.23. The van der Waals surface area contributed by atoms with Gasteiger partial charge in [-0.05, 0) is 50.1 Å². The molecule has 1 fully saturated rings. The lowest BCUT2D eigenvalue weighted by atomic mass is 9.74. The largest absolute Gasteiger partial charge is 0.329 e. The van der Waals surface area contributed by atoms with Crippen molar-refractivity contribution in [2.24, 2.45) is 17.1 Å². The number of hydrogen-bond acceptors (Lipinski definition) is 2. The molecule has 114 valence electrons. The summed E-state index contributed by atoms with van der Waals surface area (Å²) in [5, 5.41) is 0. The van der Waals surface area contributed by atoms with Crippen molar-refractivity contribution in [3.8, 4) is 0 Å². The standard InChI is InChI=1S/C17H36N2/c1-6-11-19(12-10-16(3,4)5)17(14-18)9-7-8-15(2)13-17/h15H,6-14,18H2,1-5H3. The van der Waals surface area contributed by atoms with Gasteiger partial charge in [-0.15, -0.1) is 0 Å². The average Bonchev–Trinajstić information content (AvgIpc) is 2.33. The summed E-state index contributed by atoms with van der Waals surface area (Å²) < 4.78 is 0. The van der Waals surface area contributed by atoms with Crippen LogP contribution in [0.1, 0.15) is 73.1 Å². The molecule has 1 aliphatic carbocycles. The van der Waals surface area contributed by atoms with E-state index in [1.807, 2.05) is 0 Å². The molecule has 0 aromatic heterocycles. The van der Waals surface area contributed by atoms with Gasteiger partial charge in [0, 0.05) is 12.1 Å². The van der Waals surface area contributed by atoms with E-state index in [-0.39, 0.29) is 0 Å². The van der Waals surface area contributed by atoms with Crippen molar-refractivity contribution in [1.29, 1.82) is 0 Å². The van der Waals surface area contributed by atoms with E-state index >= 15 is 0 Å². The van der Waals surface area contributed by atoms with Gasteiger partial charge >= 0.3 is 0 Å². The average molecular weight is 268 g/mol. The third-order valence-corrected chi connectivity index (χ3v) is 4.74. The van der Waals surface area contributed by atoms with Crippen LogP contribution in [0.15, 0.2) is 0 Å². The summed E-state index contributed by atoms with van der Waals surface area (Å²) in [4.78, 5) is 2.73. The van der Waals surface area contributed by atoms with Crippen LogP contribution in [0.3, 0.4) is 0 Å². The van der Waals surface area contributed by atoms with Crippen LogP contribution in [0.25, 0.3) is 0 Å². The highest BCUT2D eigenvalue weighted by atomic mass is 15.2. The third kappa shape index (κ3) is 5.07. The lowest BCUT2D eigenvalue weighted by Gasteiger charge is -2.48. The van der Waals surface area contributed by atoms with E-state index in [1.165, 1.54) is 51.6 Å². The summed E-state index contributed by atoms with van der Waals surface area (Å²) in [6, 6.07) is 0. The topological polar surface area (TPSA) is 29.3 Å². The van der Waals surface area contributed by atoms with Gasteiger partial charge in [0.05, 0.1) is 0 Å². The molecule has 0 radical (unpaired) electrons. The van der Waals surface area contributed by atoms with E-state index in [2.05, 4.69) is 39.5 Å². The third-order valence-electron chi connectivity index (χ3n) is 4.74. The van der Waals surface area contributed by atoms with Crippen molar-refractivity contribution >= 4 is 0 Å². The smallest absolute Gasteiger partial charge is 0.0334 e. The molecule has 2 nitrogen and oxygen atoms in total. The minimum atomic E-state index is 0.291. The predicted octanol–water partition coefficient (Wildman–Crippen LogP) is 4.04. The molecule has 0 spiro atoms. The van der Waals surface area contributed by atoms with Crippen molar-refractivity contribution in [3.63, 3.8) is 0 Å². The molecule has 0 heterocycles. The molecule has 19 heavy (non-hydrogen) atoms. The molecule has 1 saturated carbocycles. The molecule has 2 N–H and O–H groups in total. The molecular weight excluding hydrogens is 232 g/mol.